The van der Waals surface area contributed by atoms with Gasteiger partial charge in [-0.1, -0.05) is 6.42 Å². The Labute approximate surface area is 199 Å². The average Bonchev–Trinajstić information content (AvgIpc) is 2.78. The third-order valence-corrected chi connectivity index (χ3v) is 7.26. The molecule has 12 heteroatoms. The third kappa shape index (κ3) is 6.11. The number of aromatic nitrogens is 3. The topological polar surface area (TPSA) is 149 Å². The quantitative estimate of drug-likeness (QED) is 0.505. The van der Waals surface area contributed by atoms with Crippen LogP contribution < -0.4 is 20.3 Å². The first-order valence-electron chi connectivity index (χ1n) is 11.6. The van der Waals surface area contributed by atoms with E-state index in [4.69, 9.17) is 5.11 Å². The Bertz CT molecular complexity index is 1140. The molecule has 1 atom stereocenters. The monoisotopic (exact) mass is 489 g/mol. The van der Waals surface area contributed by atoms with Crippen molar-refractivity contribution in [1.82, 2.24) is 15.0 Å². The van der Waals surface area contributed by atoms with Crippen molar-refractivity contribution in [3.05, 3.63) is 29.6 Å². The highest BCUT2D eigenvalue weighted by Crippen LogP contribution is 2.31. The molecule has 0 saturated carbocycles. The van der Waals surface area contributed by atoms with Crippen molar-refractivity contribution in [2.45, 2.75) is 39.0 Å². The summed E-state index contributed by atoms with van der Waals surface area (Å²) >= 11 is 0. The van der Waals surface area contributed by atoms with Gasteiger partial charge in [-0.05, 0) is 38.5 Å². The van der Waals surface area contributed by atoms with E-state index in [1.54, 1.807) is 12.1 Å². The molecule has 11 nitrogen and oxygen atoms in total. The van der Waals surface area contributed by atoms with Crippen LogP contribution in [-0.2, 0) is 10.0 Å². The van der Waals surface area contributed by atoms with Crippen LogP contribution in [0, 0.1) is 12.8 Å². The molecular weight excluding hydrogens is 458 g/mol. The maximum Gasteiger partial charge on any atom is 0.260 e. The van der Waals surface area contributed by atoms with Crippen molar-refractivity contribution in [3.63, 3.8) is 0 Å². The summed E-state index contributed by atoms with van der Waals surface area (Å²) in [5.41, 5.74) is 1.69. The SMILES string of the molecule is Cc1cc2nc(n1)NCCCCC1CCCN(C1)c1cc(NS(=O)(=O)CCO)ncc1C(=O)N2. The molecule has 0 spiro atoms. The third-order valence-electron chi connectivity index (χ3n) is 6.02. The smallest absolute Gasteiger partial charge is 0.260 e. The van der Waals surface area contributed by atoms with Gasteiger partial charge in [-0.15, -0.1) is 0 Å². The van der Waals surface area contributed by atoms with Crippen LogP contribution >= 0.6 is 0 Å². The Hall–Kier alpha value is -2.99. The van der Waals surface area contributed by atoms with Crippen LogP contribution in [0.2, 0.25) is 0 Å². The van der Waals surface area contributed by atoms with Gasteiger partial charge in [0, 0.05) is 43.7 Å². The van der Waals surface area contributed by atoms with Crippen molar-refractivity contribution in [2.75, 3.05) is 52.2 Å². The zero-order valence-electron chi connectivity index (χ0n) is 19.2. The van der Waals surface area contributed by atoms with Crippen LogP contribution in [-0.4, -0.2) is 66.4 Å². The number of anilines is 4. The van der Waals surface area contributed by atoms with Crippen molar-refractivity contribution < 1.29 is 18.3 Å². The lowest BCUT2D eigenvalue weighted by Crippen LogP contribution is -2.37. The highest BCUT2D eigenvalue weighted by atomic mass is 32.2. The number of rotatable bonds is 4. The zero-order valence-corrected chi connectivity index (χ0v) is 20.1. The van der Waals surface area contributed by atoms with E-state index in [9.17, 15) is 13.2 Å². The number of hydrogen-bond acceptors (Lipinski definition) is 9. The second kappa shape index (κ2) is 10.5. The Morgan fingerprint density at radius 2 is 2.03 bits per heavy atom. The number of amides is 1. The van der Waals surface area contributed by atoms with E-state index in [1.165, 1.54) is 6.20 Å². The summed E-state index contributed by atoms with van der Waals surface area (Å²) in [6.07, 6.45) is 6.62. The predicted octanol–water partition coefficient (Wildman–Crippen LogP) is 1.98. The van der Waals surface area contributed by atoms with Gasteiger partial charge in [0.15, 0.2) is 0 Å². The molecule has 0 aromatic carbocycles. The lowest BCUT2D eigenvalue weighted by Gasteiger charge is -2.35. The number of aliphatic hydroxyl groups is 1. The van der Waals surface area contributed by atoms with Crippen LogP contribution in [0.3, 0.4) is 0 Å². The minimum absolute atomic E-state index is 0.115. The van der Waals surface area contributed by atoms with Gasteiger partial charge in [0.1, 0.15) is 11.6 Å². The van der Waals surface area contributed by atoms with Gasteiger partial charge < -0.3 is 20.6 Å². The van der Waals surface area contributed by atoms with Gasteiger partial charge in [-0.25, -0.2) is 18.4 Å². The number of pyridine rings is 1. The summed E-state index contributed by atoms with van der Waals surface area (Å²) in [5, 5.41) is 15.1. The molecule has 2 aromatic heterocycles. The number of hydrogen-bond donors (Lipinski definition) is 4. The molecule has 1 fully saturated rings. The molecule has 0 radical (unpaired) electrons. The standard InChI is InChI=1S/C22H31N7O4S/c1-15-11-20-26-21(31)17-13-24-19(28-34(32,33)10-9-30)12-18(17)29-8-4-6-16(14-29)5-2-3-7-23-22(25-15)27-20/h11-13,16,30H,2-10,14H2,1H3,(H,24,28)(H2,23,25,26,27,31). The van der Waals surface area contributed by atoms with E-state index in [2.05, 4.69) is 35.2 Å². The Kier molecular flexibility index (Phi) is 7.47. The molecule has 184 valence electrons. The Balaban J connectivity index is 1.71. The summed E-state index contributed by atoms with van der Waals surface area (Å²) in [6, 6.07) is 3.30. The number of aliphatic hydroxyl groups excluding tert-OH is 1. The van der Waals surface area contributed by atoms with Crippen molar-refractivity contribution in [2.24, 2.45) is 5.92 Å². The molecular formula is C22H31N7O4S. The van der Waals surface area contributed by atoms with E-state index in [0.717, 1.165) is 57.4 Å². The molecule has 1 saturated heterocycles. The summed E-state index contributed by atoms with van der Waals surface area (Å²) in [6.45, 7) is 3.65. The molecule has 4 bridgehead atoms. The fraction of sp³-hybridized carbons (Fsp3) is 0.545. The summed E-state index contributed by atoms with van der Waals surface area (Å²) < 4.78 is 26.7. The maximum absolute atomic E-state index is 13.3. The number of nitrogens with zero attached hydrogens (tertiary/aromatic N) is 4. The van der Waals surface area contributed by atoms with Crippen LogP contribution in [0.15, 0.2) is 18.3 Å². The Morgan fingerprint density at radius 3 is 2.85 bits per heavy atom. The first-order valence-corrected chi connectivity index (χ1v) is 13.3. The second-order valence-electron chi connectivity index (χ2n) is 8.78. The molecule has 34 heavy (non-hydrogen) atoms. The van der Waals surface area contributed by atoms with E-state index in [1.807, 2.05) is 6.92 Å². The van der Waals surface area contributed by atoms with Gasteiger partial charge in [-0.3, -0.25) is 9.52 Å². The van der Waals surface area contributed by atoms with Crippen LogP contribution in [0.4, 0.5) is 23.3 Å². The molecule has 2 aromatic rings. The van der Waals surface area contributed by atoms with Crippen LogP contribution in [0.25, 0.3) is 0 Å². The van der Waals surface area contributed by atoms with Crippen molar-refractivity contribution in [3.8, 4) is 0 Å². The number of carbonyl (C=O) groups excluding carboxylic acids is 1. The Morgan fingerprint density at radius 1 is 1.21 bits per heavy atom. The minimum Gasteiger partial charge on any atom is -0.395 e. The maximum atomic E-state index is 13.3. The number of fused-ring (bicyclic) bond motifs is 6. The molecule has 1 amide bonds. The lowest BCUT2D eigenvalue weighted by molar-refractivity contribution is 0.102. The number of sulfonamides is 1. The molecule has 4 N–H and O–H groups in total. The molecule has 2 aliphatic rings. The van der Waals surface area contributed by atoms with E-state index in [0.29, 0.717) is 28.9 Å². The predicted molar refractivity (Wildman–Crippen MR) is 131 cm³/mol. The number of piperidine rings is 1. The average molecular weight is 490 g/mol. The van der Waals surface area contributed by atoms with Gasteiger partial charge >= 0.3 is 0 Å². The van der Waals surface area contributed by atoms with Gasteiger partial charge in [0.2, 0.25) is 16.0 Å². The van der Waals surface area contributed by atoms with Gasteiger partial charge in [-0.2, -0.15) is 4.98 Å². The van der Waals surface area contributed by atoms with Gasteiger partial charge in [0.05, 0.1) is 23.6 Å². The van der Waals surface area contributed by atoms with E-state index >= 15 is 0 Å². The molecule has 0 aliphatic carbocycles. The van der Waals surface area contributed by atoms with Crippen LogP contribution in [0.5, 0.6) is 0 Å². The number of carbonyl (C=O) groups is 1. The number of aryl methyl sites for hydroxylation is 1. The van der Waals surface area contributed by atoms with Crippen molar-refractivity contribution >= 4 is 39.2 Å². The van der Waals surface area contributed by atoms with Crippen LogP contribution in [0.1, 0.15) is 48.2 Å². The van der Waals surface area contributed by atoms with E-state index < -0.39 is 22.4 Å². The first kappa shape index (κ1) is 24.1. The number of nitrogens with one attached hydrogen (secondary N) is 3. The highest BCUT2D eigenvalue weighted by molar-refractivity contribution is 7.92. The van der Waals surface area contributed by atoms with Crippen molar-refractivity contribution in [1.29, 1.82) is 0 Å². The summed E-state index contributed by atoms with van der Waals surface area (Å²) in [7, 11) is -3.74. The molecule has 4 heterocycles. The lowest BCUT2D eigenvalue weighted by atomic mass is 9.92. The fourth-order valence-corrected chi connectivity index (χ4v) is 5.21. The summed E-state index contributed by atoms with van der Waals surface area (Å²) in [4.78, 5) is 28.4. The molecule has 2 aliphatic heterocycles. The van der Waals surface area contributed by atoms with E-state index in [-0.39, 0.29) is 11.7 Å². The first-order chi connectivity index (χ1) is 16.3. The fourth-order valence-electron chi connectivity index (χ4n) is 4.44. The molecule has 1 unspecified atom stereocenters. The zero-order chi connectivity index (χ0) is 24.1. The second-order valence-corrected chi connectivity index (χ2v) is 10.6. The normalized spacial score (nSPS) is 19.2. The minimum atomic E-state index is -3.74. The summed E-state index contributed by atoms with van der Waals surface area (Å²) in [5.74, 6) is 0.640. The molecule has 4 rings (SSSR count). The highest BCUT2D eigenvalue weighted by Gasteiger charge is 2.25. The largest absolute Gasteiger partial charge is 0.395 e. The van der Waals surface area contributed by atoms with Gasteiger partial charge in [0.25, 0.3) is 5.91 Å².